The van der Waals surface area contributed by atoms with Crippen molar-refractivity contribution in [2.45, 2.75) is 46.6 Å². The van der Waals surface area contributed by atoms with E-state index in [1.54, 1.807) is 0 Å². The quantitative estimate of drug-likeness (QED) is 0.802. The highest BCUT2D eigenvalue weighted by molar-refractivity contribution is 5.71. The van der Waals surface area contributed by atoms with Crippen LogP contribution in [0.5, 0.6) is 0 Å². The first kappa shape index (κ1) is 15.4. The molecule has 2 heterocycles. The van der Waals surface area contributed by atoms with E-state index < -0.39 is 0 Å². The van der Waals surface area contributed by atoms with E-state index in [-0.39, 0.29) is 0 Å². The summed E-state index contributed by atoms with van der Waals surface area (Å²) in [5, 5.41) is 0. The van der Waals surface area contributed by atoms with Crippen LogP contribution in [0, 0.1) is 20.8 Å². The first-order valence-electron chi connectivity index (χ1n) is 8.61. The van der Waals surface area contributed by atoms with Crippen LogP contribution >= 0.6 is 0 Å². The number of hydrogen-bond donors (Lipinski definition) is 0. The Balaban J connectivity index is 1.84. The van der Waals surface area contributed by atoms with Crippen LogP contribution in [0.4, 0.5) is 0 Å². The third-order valence-electron chi connectivity index (χ3n) is 4.99. The van der Waals surface area contributed by atoms with Crippen LogP contribution in [0.15, 0.2) is 30.5 Å². The van der Waals surface area contributed by atoms with Crippen molar-refractivity contribution < 1.29 is 0 Å². The van der Waals surface area contributed by atoms with Crippen LogP contribution in [-0.2, 0) is 6.54 Å². The molecular formula is C20H28N2. The van der Waals surface area contributed by atoms with Gasteiger partial charge < -0.3 is 9.47 Å². The molecular weight excluding hydrogens is 268 g/mol. The third-order valence-corrected chi connectivity index (χ3v) is 4.99. The van der Waals surface area contributed by atoms with E-state index in [0.717, 1.165) is 6.54 Å². The minimum Gasteiger partial charge on any atom is -0.346 e. The average molecular weight is 296 g/mol. The third kappa shape index (κ3) is 3.12. The van der Waals surface area contributed by atoms with Crippen LogP contribution in [0.1, 0.15) is 36.0 Å². The predicted molar refractivity (Wildman–Crippen MR) is 94.4 cm³/mol. The molecule has 0 atom stereocenters. The summed E-state index contributed by atoms with van der Waals surface area (Å²) in [6, 6.07) is 8.87. The van der Waals surface area contributed by atoms with E-state index in [4.69, 9.17) is 0 Å². The molecule has 1 fully saturated rings. The zero-order valence-corrected chi connectivity index (χ0v) is 14.2. The molecule has 2 nitrogen and oxygen atoms in total. The Kier molecular flexibility index (Phi) is 4.68. The Morgan fingerprint density at radius 1 is 0.818 bits per heavy atom. The molecule has 118 valence electrons. The zero-order valence-electron chi connectivity index (χ0n) is 14.2. The number of nitrogens with zero attached hydrogens (tertiary/aromatic N) is 2. The van der Waals surface area contributed by atoms with Crippen LogP contribution in [0.2, 0.25) is 0 Å². The average Bonchev–Trinajstić information content (AvgIpc) is 2.87. The maximum atomic E-state index is 2.62. The van der Waals surface area contributed by atoms with Crippen molar-refractivity contribution in [2.24, 2.45) is 0 Å². The van der Waals surface area contributed by atoms with Gasteiger partial charge in [0.05, 0.1) is 5.69 Å². The lowest BCUT2D eigenvalue weighted by atomic mass is 9.98. The summed E-state index contributed by atoms with van der Waals surface area (Å²) in [4.78, 5) is 2.62. The van der Waals surface area contributed by atoms with Gasteiger partial charge in [-0.2, -0.15) is 0 Å². The first-order chi connectivity index (χ1) is 10.7. The highest BCUT2D eigenvalue weighted by Crippen LogP contribution is 2.30. The normalized spacial score (nSPS) is 16.1. The summed E-state index contributed by atoms with van der Waals surface area (Å²) in [5.41, 5.74) is 6.97. The minimum atomic E-state index is 1.09. The van der Waals surface area contributed by atoms with E-state index in [1.807, 2.05) is 0 Å². The monoisotopic (exact) mass is 296 g/mol. The van der Waals surface area contributed by atoms with Crippen LogP contribution < -0.4 is 0 Å². The van der Waals surface area contributed by atoms with Crippen molar-refractivity contribution >= 4 is 0 Å². The van der Waals surface area contributed by atoms with Crippen molar-refractivity contribution in [3.05, 3.63) is 47.2 Å². The van der Waals surface area contributed by atoms with Crippen molar-refractivity contribution in [3.63, 3.8) is 0 Å². The molecule has 0 unspecified atom stereocenters. The number of hydrogen-bond acceptors (Lipinski definition) is 1. The number of rotatable bonds is 4. The minimum absolute atomic E-state index is 1.09. The summed E-state index contributed by atoms with van der Waals surface area (Å²) >= 11 is 0. The second kappa shape index (κ2) is 6.70. The first-order valence-corrected chi connectivity index (χ1v) is 8.61. The lowest BCUT2D eigenvalue weighted by molar-refractivity contribution is 0.221. The molecule has 0 saturated carbocycles. The van der Waals surface area contributed by atoms with Crippen molar-refractivity contribution in [1.82, 2.24) is 9.47 Å². The Morgan fingerprint density at radius 2 is 1.50 bits per heavy atom. The maximum Gasteiger partial charge on any atom is 0.0515 e. The topological polar surface area (TPSA) is 8.17 Å². The summed E-state index contributed by atoms with van der Waals surface area (Å²) in [6.45, 7) is 11.5. The second-order valence-corrected chi connectivity index (χ2v) is 6.71. The van der Waals surface area contributed by atoms with Gasteiger partial charge in [-0.1, -0.05) is 24.6 Å². The largest absolute Gasteiger partial charge is 0.346 e. The van der Waals surface area contributed by atoms with Gasteiger partial charge in [-0.15, -0.1) is 0 Å². The SMILES string of the molecule is Cc1cccc(C)c1-c1c(C)ccn1CCN1CCCCC1. The van der Waals surface area contributed by atoms with Gasteiger partial charge in [0, 0.05) is 24.8 Å². The molecule has 0 spiro atoms. The van der Waals surface area contributed by atoms with Crippen LogP contribution in [0.3, 0.4) is 0 Å². The van der Waals surface area contributed by atoms with E-state index in [0.29, 0.717) is 0 Å². The Morgan fingerprint density at radius 3 is 2.18 bits per heavy atom. The molecule has 0 aliphatic carbocycles. The maximum absolute atomic E-state index is 2.62. The second-order valence-electron chi connectivity index (χ2n) is 6.71. The number of aromatic nitrogens is 1. The lowest BCUT2D eigenvalue weighted by Crippen LogP contribution is -2.32. The molecule has 0 bridgehead atoms. The van der Waals surface area contributed by atoms with Gasteiger partial charge in [-0.3, -0.25) is 0 Å². The van der Waals surface area contributed by atoms with E-state index in [2.05, 4.69) is 60.7 Å². The van der Waals surface area contributed by atoms with Gasteiger partial charge in [-0.05, 0) is 69.5 Å². The van der Waals surface area contributed by atoms with Crippen molar-refractivity contribution in [2.75, 3.05) is 19.6 Å². The molecule has 1 aliphatic rings. The number of piperidine rings is 1. The fourth-order valence-corrected chi connectivity index (χ4v) is 3.73. The molecule has 2 aromatic rings. The van der Waals surface area contributed by atoms with E-state index in [1.165, 1.54) is 66.8 Å². The number of likely N-dealkylation sites (tertiary alicyclic amines) is 1. The summed E-state index contributed by atoms with van der Waals surface area (Å²) < 4.78 is 2.46. The van der Waals surface area contributed by atoms with Crippen LogP contribution in [0.25, 0.3) is 11.3 Å². The molecule has 0 amide bonds. The molecule has 1 aliphatic heterocycles. The highest BCUT2D eigenvalue weighted by atomic mass is 15.1. The van der Waals surface area contributed by atoms with Gasteiger partial charge in [-0.25, -0.2) is 0 Å². The van der Waals surface area contributed by atoms with Crippen molar-refractivity contribution in [3.8, 4) is 11.3 Å². The van der Waals surface area contributed by atoms with Crippen molar-refractivity contribution in [1.29, 1.82) is 0 Å². The van der Waals surface area contributed by atoms with Gasteiger partial charge in [0.1, 0.15) is 0 Å². The van der Waals surface area contributed by atoms with E-state index >= 15 is 0 Å². The standard InChI is InChI=1S/C20H28N2/c1-16-8-7-9-17(2)19(16)20-18(3)10-13-22(20)15-14-21-11-5-4-6-12-21/h7-10,13H,4-6,11-12,14-15H2,1-3H3. The van der Waals surface area contributed by atoms with Gasteiger partial charge in [0.25, 0.3) is 0 Å². The Bertz CT molecular complexity index is 613. The molecule has 0 radical (unpaired) electrons. The van der Waals surface area contributed by atoms with Gasteiger partial charge in [0.15, 0.2) is 0 Å². The summed E-state index contributed by atoms with van der Waals surface area (Å²) in [5.74, 6) is 0. The summed E-state index contributed by atoms with van der Waals surface area (Å²) in [6.07, 6.45) is 6.41. The fourth-order valence-electron chi connectivity index (χ4n) is 3.73. The molecule has 2 heteroatoms. The highest BCUT2D eigenvalue weighted by Gasteiger charge is 2.15. The molecule has 22 heavy (non-hydrogen) atoms. The van der Waals surface area contributed by atoms with E-state index in [9.17, 15) is 0 Å². The Hall–Kier alpha value is -1.54. The number of benzene rings is 1. The lowest BCUT2D eigenvalue weighted by Gasteiger charge is -2.27. The Labute approximate surface area is 134 Å². The van der Waals surface area contributed by atoms with Gasteiger partial charge >= 0.3 is 0 Å². The fraction of sp³-hybridized carbons (Fsp3) is 0.500. The molecule has 1 aromatic heterocycles. The summed E-state index contributed by atoms with van der Waals surface area (Å²) in [7, 11) is 0. The number of aryl methyl sites for hydroxylation is 3. The zero-order chi connectivity index (χ0) is 15.5. The molecule has 1 aromatic carbocycles. The molecule has 1 saturated heterocycles. The predicted octanol–water partition coefficient (Wildman–Crippen LogP) is 4.57. The molecule has 0 N–H and O–H groups in total. The smallest absolute Gasteiger partial charge is 0.0515 e. The van der Waals surface area contributed by atoms with Gasteiger partial charge in [0.2, 0.25) is 0 Å². The molecule has 3 rings (SSSR count). The van der Waals surface area contributed by atoms with Crippen LogP contribution in [-0.4, -0.2) is 29.1 Å².